The first-order valence-electron chi connectivity index (χ1n) is 7.92. The average molecular weight is 338 g/mol. The van der Waals surface area contributed by atoms with E-state index in [1.165, 1.54) is 6.07 Å². The maximum absolute atomic E-state index is 12.6. The van der Waals surface area contributed by atoms with Crippen LogP contribution < -0.4 is 15.8 Å². The number of sulfonamides is 1. The van der Waals surface area contributed by atoms with Crippen molar-refractivity contribution in [2.24, 2.45) is 0 Å². The first kappa shape index (κ1) is 19.3. The fourth-order valence-corrected chi connectivity index (χ4v) is 3.79. The molecule has 6 nitrogen and oxygen atoms in total. The summed E-state index contributed by atoms with van der Waals surface area (Å²) in [6, 6.07) is 6.11. The van der Waals surface area contributed by atoms with Gasteiger partial charge in [-0.15, -0.1) is 0 Å². The lowest BCUT2D eigenvalue weighted by atomic mass is 10.1. The number of hydrogen-bond donors (Lipinski definition) is 3. The molecule has 2 unspecified atom stereocenters. The molecule has 1 aromatic carbocycles. The lowest BCUT2D eigenvalue weighted by Gasteiger charge is -2.19. The molecule has 4 N–H and O–H groups in total. The molecule has 0 aliphatic rings. The van der Waals surface area contributed by atoms with Gasteiger partial charge in [-0.3, -0.25) is 0 Å². The Morgan fingerprint density at radius 3 is 2.48 bits per heavy atom. The van der Waals surface area contributed by atoms with Gasteiger partial charge in [0.2, 0.25) is 10.0 Å². The van der Waals surface area contributed by atoms with Crippen molar-refractivity contribution in [1.29, 1.82) is 5.26 Å². The van der Waals surface area contributed by atoms with E-state index >= 15 is 0 Å². The summed E-state index contributed by atoms with van der Waals surface area (Å²) in [5, 5.41) is 12.2. The van der Waals surface area contributed by atoms with Crippen LogP contribution in [-0.4, -0.2) is 20.5 Å². The monoisotopic (exact) mass is 338 g/mol. The summed E-state index contributed by atoms with van der Waals surface area (Å²) < 4.78 is 27.9. The third kappa shape index (κ3) is 5.73. The van der Waals surface area contributed by atoms with Crippen LogP contribution in [0, 0.1) is 11.3 Å². The molecule has 0 aliphatic carbocycles. The third-order valence-corrected chi connectivity index (χ3v) is 5.08. The van der Waals surface area contributed by atoms with Gasteiger partial charge in [-0.25, -0.2) is 13.1 Å². The van der Waals surface area contributed by atoms with Crippen LogP contribution >= 0.6 is 0 Å². The Morgan fingerprint density at radius 1 is 1.26 bits per heavy atom. The second-order valence-electron chi connectivity index (χ2n) is 5.68. The minimum atomic E-state index is -3.68. The summed E-state index contributed by atoms with van der Waals surface area (Å²) in [7, 11) is -3.68. The van der Waals surface area contributed by atoms with Gasteiger partial charge in [-0.05, 0) is 38.0 Å². The van der Waals surface area contributed by atoms with Crippen molar-refractivity contribution in [2.45, 2.75) is 63.4 Å². The van der Waals surface area contributed by atoms with E-state index in [0.29, 0.717) is 17.8 Å². The van der Waals surface area contributed by atoms with Crippen LogP contribution in [0.15, 0.2) is 23.1 Å². The van der Waals surface area contributed by atoms with Crippen molar-refractivity contribution in [2.75, 3.05) is 11.1 Å². The minimum Gasteiger partial charge on any atom is -0.399 e. The lowest BCUT2D eigenvalue weighted by molar-refractivity contribution is 0.544. The molecule has 0 saturated heterocycles. The van der Waals surface area contributed by atoms with E-state index in [0.717, 1.165) is 19.3 Å². The quantitative estimate of drug-likeness (QED) is 0.600. The Morgan fingerprint density at radius 2 is 1.91 bits per heavy atom. The summed E-state index contributed by atoms with van der Waals surface area (Å²) >= 11 is 0. The third-order valence-electron chi connectivity index (χ3n) is 3.43. The molecule has 0 amide bonds. The fourth-order valence-electron chi connectivity index (χ4n) is 2.36. The van der Waals surface area contributed by atoms with Crippen LogP contribution in [-0.2, 0) is 10.0 Å². The Balaban J connectivity index is 3.13. The number of nitrogens with two attached hydrogens (primary N) is 1. The topological polar surface area (TPSA) is 108 Å². The summed E-state index contributed by atoms with van der Waals surface area (Å²) in [4.78, 5) is 0.117. The van der Waals surface area contributed by atoms with Crippen molar-refractivity contribution in [3.63, 3.8) is 0 Å². The zero-order chi connectivity index (χ0) is 17.5. The van der Waals surface area contributed by atoms with Crippen molar-refractivity contribution in [3.8, 4) is 6.07 Å². The predicted octanol–water partition coefficient (Wildman–Crippen LogP) is 2.84. The van der Waals surface area contributed by atoms with E-state index < -0.39 is 16.1 Å². The van der Waals surface area contributed by atoms with Crippen LogP contribution in [0.2, 0.25) is 0 Å². The molecule has 7 heteroatoms. The van der Waals surface area contributed by atoms with E-state index in [1.54, 1.807) is 12.1 Å². The summed E-state index contributed by atoms with van der Waals surface area (Å²) in [6.45, 7) is 5.81. The Labute approximate surface area is 139 Å². The van der Waals surface area contributed by atoms with Crippen LogP contribution in [0.5, 0.6) is 0 Å². The molecule has 1 aromatic rings. The second kappa shape index (κ2) is 8.75. The molecule has 2 atom stereocenters. The zero-order valence-electron chi connectivity index (χ0n) is 14.0. The summed E-state index contributed by atoms with van der Waals surface area (Å²) in [6.07, 6.45) is 3.10. The SMILES string of the molecule is CCCC(C)NS(=O)(=O)c1ccc(N)cc1NC(C#N)CCC. The van der Waals surface area contributed by atoms with Gasteiger partial charge in [-0.2, -0.15) is 5.26 Å². The van der Waals surface area contributed by atoms with E-state index in [4.69, 9.17) is 5.73 Å². The highest BCUT2D eigenvalue weighted by Crippen LogP contribution is 2.25. The highest BCUT2D eigenvalue weighted by molar-refractivity contribution is 7.89. The zero-order valence-corrected chi connectivity index (χ0v) is 14.8. The van der Waals surface area contributed by atoms with Crippen molar-refractivity contribution >= 4 is 21.4 Å². The van der Waals surface area contributed by atoms with Gasteiger partial charge in [0.05, 0.1) is 11.8 Å². The molecule has 0 heterocycles. The highest BCUT2D eigenvalue weighted by Gasteiger charge is 2.22. The lowest BCUT2D eigenvalue weighted by Crippen LogP contribution is -2.33. The molecule has 1 rings (SSSR count). The van der Waals surface area contributed by atoms with Crippen LogP contribution in [0.25, 0.3) is 0 Å². The number of benzene rings is 1. The molecule has 0 saturated carbocycles. The van der Waals surface area contributed by atoms with Crippen molar-refractivity contribution < 1.29 is 8.42 Å². The number of nitrogens with zero attached hydrogens (tertiary/aromatic N) is 1. The van der Waals surface area contributed by atoms with Crippen LogP contribution in [0.3, 0.4) is 0 Å². The van der Waals surface area contributed by atoms with E-state index in [9.17, 15) is 13.7 Å². The summed E-state index contributed by atoms with van der Waals surface area (Å²) in [5.41, 5.74) is 6.58. The Kier molecular flexibility index (Phi) is 7.33. The van der Waals surface area contributed by atoms with Gasteiger partial charge in [0.25, 0.3) is 0 Å². The largest absolute Gasteiger partial charge is 0.399 e. The van der Waals surface area contributed by atoms with Crippen molar-refractivity contribution in [1.82, 2.24) is 4.72 Å². The average Bonchev–Trinajstić information content (AvgIpc) is 2.46. The maximum atomic E-state index is 12.6. The number of nitrogens with one attached hydrogen (secondary N) is 2. The number of hydrogen-bond acceptors (Lipinski definition) is 5. The minimum absolute atomic E-state index is 0.117. The summed E-state index contributed by atoms with van der Waals surface area (Å²) in [5.74, 6) is 0. The normalized spacial score (nSPS) is 14.0. The molecule has 128 valence electrons. The molecule has 0 spiro atoms. The molecular weight excluding hydrogens is 312 g/mol. The fraction of sp³-hybridized carbons (Fsp3) is 0.562. The number of anilines is 2. The molecule has 0 aliphatic heterocycles. The van der Waals surface area contributed by atoms with Gasteiger partial charge in [0, 0.05) is 11.7 Å². The van der Waals surface area contributed by atoms with Gasteiger partial charge in [0.15, 0.2) is 0 Å². The number of nitriles is 1. The first-order valence-corrected chi connectivity index (χ1v) is 9.40. The van der Waals surface area contributed by atoms with Gasteiger partial charge in [-0.1, -0.05) is 26.7 Å². The molecule has 0 aromatic heterocycles. The van der Waals surface area contributed by atoms with Crippen LogP contribution in [0.4, 0.5) is 11.4 Å². The van der Waals surface area contributed by atoms with Gasteiger partial charge >= 0.3 is 0 Å². The second-order valence-corrected chi connectivity index (χ2v) is 7.36. The Hall–Kier alpha value is -1.78. The Bertz CT molecular complexity index is 653. The van der Waals surface area contributed by atoms with E-state index in [-0.39, 0.29) is 10.9 Å². The van der Waals surface area contributed by atoms with Crippen molar-refractivity contribution in [3.05, 3.63) is 18.2 Å². The smallest absolute Gasteiger partial charge is 0.242 e. The molecular formula is C16H26N4O2S. The van der Waals surface area contributed by atoms with E-state index in [2.05, 4.69) is 16.1 Å². The maximum Gasteiger partial charge on any atom is 0.242 e. The molecule has 0 bridgehead atoms. The standard InChI is InChI=1S/C16H26N4O2S/c1-4-6-12(3)20-23(21,22)16-9-8-13(18)10-15(16)19-14(11-17)7-5-2/h8-10,12,14,19-20H,4-7,18H2,1-3H3. The van der Waals surface area contributed by atoms with E-state index in [1.807, 2.05) is 20.8 Å². The van der Waals surface area contributed by atoms with Gasteiger partial charge in [0.1, 0.15) is 10.9 Å². The predicted molar refractivity (Wildman–Crippen MR) is 93.5 cm³/mol. The number of nitrogen functional groups attached to an aromatic ring is 1. The first-order chi connectivity index (χ1) is 10.8. The van der Waals surface area contributed by atoms with Crippen LogP contribution in [0.1, 0.15) is 46.5 Å². The highest BCUT2D eigenvalue weighted by atomic mass is 32.2. The molecule has 23 heavy (non-hydrogen) atoms. The molecule has 0 fully saturated rings. The molecule has 0 radical (unpaired) electrons. The van der Waals surface area contributed by atoms with Gasteiger partial charge < -0.3 is 11.1 Å². The number of rotatable bonds is 9.